The molecule has 2 atom stereocenters. The molecular weight excluding hydrogens is 260 g/mol. The molecule has 0 aromatic heterocycles. The largest absolute Gasteiger partial charge is 0.381 e. The third-order valence-electron chi connectivity index (χ3n) is 5.66. The van der Waals surface area contributed by atoms with E-state index in [2.05, 4.69) is 17.1 Å². The Kier molecular flexibility index (Phi) is 5.58. The van der Waals surface area contributed by atoms with Gasteiger partial charge in [0.25, 0.3) is 0 Å². The predicted octanol–water partition coefficient (Wildman–Crippen LogP) is 3.19. The highest BCUT2D eigenvalue weighted by Crippen LogP contribution is 2.33. The minimum Gasteiger partial charge on any atom is -0.381 e. The highest BCUT2D eigenvalue weighted by atomic mass is 16.5. The third kappa shape index (κ3) is 4.43. The average Bonchev–Trinajstić information content (AvgIpc) is 3.33. The Morgan fingerprint density at radius 3 is 2.81 bits per heavy atom. The molecule has 0 amide bonds. The van der Waals surface area contributed by atoms with Gasteiger partial charge < -0.3 is 10.1 Å². The van der Waals surface area contributed by atoms with Gasteiger partial charge in [0.05, 0.1) is 6.61 Å². The SMILES string of the molecule is CCCC1CCCCN1CC1(CNC2CC2)CCCOC1. The van der Waals surface area contributed by atoms with Crippen LogP contribution >= 0.6 is 0 Å². The molecule has 3 fully saturated rings. The van der Waals surface area contributed by atoms with Gasteiger partial charge in [0, 0.05) is 37.2 Å². The zero-order chi connectivity index (χ0) is 14.5. The maximum absolute atomic E-state index is 5.91. The first-order chi connectivity index (χ1) is 10.3. The standard InChI is InChI=1S/C18H34N2O/c1-2-6-17-7-3-4-11-20(17)14-18(10-5-12-21-15-18)13-19-16-8-9-16/h16-17,19H,2-15H2,1H3. The van der Waals surface area contributed by atoms with Gasteiger partial charge in [0.2, 0.25) is 0 Å². The van der Waals surface area contributed by atoms with Crippen molar-refractivity contribution in [1.29, 1.82) is 0 Å². The predicted molar refractivity (Wildman–Crippen MR) is 87.6 cm³/mol. The van der Waals surface area contributed by atoms with Gasteiger partial charge in [0.15, 0.2) is 0 Å². The molecule has 2 saturated heterocycles. The molecule has 0 aromatic carbocycles. The maximum Gasteiger partial charge on any atom is 0.0546 e. The van der Waals surface area contributed by atoms with Crippen molar-refractivity contribution in [2.45, 2.75) is 76.8 Å². The summed E-state index contributed by atoms with van der Waals surface area (Å²) < 4.78 is 5.91. The summed E-state index contributed by atoms with van der Waals surface area (Å²) in [6, 6.07) is 1.65. The molecule has 21 heavy (non-hydrogen) atoms. The molecule has 1 N–H and O–H groups in total. The van der Waals surface area contributed by atoms with Crippen LogP contribution in [0.25, 0.3) is 0 Å². The van der Waals surface area contributed by atoms with E-state index in [-0.39, 0.29) is 0 Å². The lowest BCUT2D eigenvalue weighted by Gasteiger charge is -2.45. The first kappa shape index (κ1) is 15.8. The molecule has 2 aliphatic heterocycles. The van der Waals surface area contributed by atoms with Gasteiger partial charge in [-0.15, -0.1) is 0 Å². The Morgan fingerprint density at radius 1 is 1.19 bits per heavy atom. The number of nitrogens with zero attached hydrogens (tertiary/aromatic N) is 1. The van der Waals surface area contributed by atoms with Crippen LogP contribution in [-0.2, 0) is 4.74 Å². The van der Waals surface area contributed by atoms with Crippen molar-refractivity contribution in [3.05, 3.63) is 0 Å². The van der Waals surface area contributed by atoms with Crippen LogP contribution in [0.1, 0.15) is 64.7 Å². The molecule has 2 heterocycles. The van der Waals surface area contributed by atoms with Crippen molar-refractivity contribution in [2.24, 2.45) is 5.41 Å². The van der Waals surface area contributed by atoms with Crippen LogP contribution in [0, 0.1) is 5.41 Å². The number of ether oxygens (including phenoxy) is 1. The van der Waals surface area contributed by atoms with Gasteiger partial charge in [0.1, 0.15) is 0 Å². The van der Waals surface area contributed by atoms with Gasteiger partial charge >= 0.3 is 0 Å². The Balaban J connectivity index is 1.60. The van der Waals surface area contributed by atoms with Crippen molar-refractivity contribution in [2.75, 3.05) is 32.8 Å². The lowest BCUT2D eigenvalue weighted by Crippen LogP contribution is -2.52. The second-order valence-electron chi connectivity index (χ2n) is 7.72. The number of piperidine rings is 1. The fraction of sp³-hybridized carbons (Fsp3) is 1.00. The van der Waals surface area contributed by atoms with E-state index in [1.165, 1.54) is 77.4 Å². The fourth-order valence-electron chi connectivity index (χ4n) is 4.24. The fourth-order valence-corrected chi connectivity index (χ4v) is 4.24. The Labute approximate surface area is 130 Å². The summed E-state index contributed by atoms with van der Waals surface area (Å²) in [5, 5.41) is 3.80. The van der Waals surface area contributed by atoms with Crippen LogP contribution in [-0.4, -0.2) is 49.8 Å². The molecule has 0 radical (unpaired) electrons. The maximum atomic E-state index is 5.91. The smallest absolute Gasteiger partial charge is 0.0546 e. The third-order valence-corrected chi connectivity index (χ3v) is 5.66. The van der Waals surface area contributed by atoms with E-state index in [9.17, 15) is 0 Å². The molecular formula is C18H34N2O. The first-order valence-corrected chi connectivity index (χ1v) is 9.36. The first-order valence-electron chi connectivity index (χ1n) is 9.36. The van der Waals surface area contributed by atoms with Crippen LogP contribution in [0.3, 0.4) is 0 Å². The number of nitrogens with one attached hydrogen (secondary N) is 1. The van der Waals surface area contributed by atoms with Gasteiger partial charge in [-0.3, -0.25) is 4.90 Å². The van der Waals surface area contributed by atoms with E-state index >= 15 is 0 Å². The average molecular weight is 294 g/mol. The van der Waals surface area contributed by atoms with Gasteiger partial charge in [-0.05, 0) is 51.5 Å². The monoisotopic (exact) mass is 294 g/mol. The van der Waals surface area contributed by atoms with Crippen molar-refractivity contribution >= 4 is 0 Å². The normalized spacial score (nSPS) is 35.0. The van der Waals surface area contributed by atoms with Crippen LogP contribution < -0.4 is 5.32 Å². The highest BCUT2D eigenvalue weighted by molar-refractivity contribution is 4.93. The zero-order valence-corrected chi connectivity index (χ0v) is 13.9. The van der Waals surface area contributed by atoms with Crippen molar-refractivity contribution in [3.8, 4) is 0 Å². The molecule has 1 aliphatic carbocycles. The summed E-state index contributed by atoms with van der Waals surface area (Å²) in [5.41, 5.74) is 0.379. The zero-order valence-electron chi connectivity index (χ0n) is 13.9. The molecule has 3 rings (SSSR count). The number of hydrogen-bond acceptors (Lipinski definition) is 3. The number of likely N-dealkylation sites (tertiary alicyclic amines) is 1. The van der Waals surface area contributed by atoms with E-state index in [0.29, 0.717) is 5.41 Å². The highest BCUT2D eigenvalue weighted by Gasteiger charge is 2.38. The van der Waals surface area contributed by atoms with E-state index < -0.39 is 0 Å². The van der Waals surface area contributed by atoms with Crippen molar-refractivity contribution < 1.29 is 4.74 Å². The minimum absolute atomic E-state index is 0.379. The lowest BCUT2D eigenvalue weighted by atomic mass is 9.80. The second kappa shape index (κ2) is 7.43. The molecule has 0 aromatic rings. The van der Waals surface area contributed by atoms with E-state index in [0.717, 1.165) is 25.3 Å². The van der Waals surface area contributed by atoms with Crippen molar-refractivity contribution in [3.63, 3.8) is 0 Å². The summed E-state index contributed by atoms with van der Waals surface area (Å²) >= 11 is 0. The summed E-state index contributed by atoms with van der Waals surface area (Å²) in [6.07, 6.45) is 12.3. The molecule has 3 nitrogen and oxygen atoms in total. The van der Waals surface area contributed by atoms with Gasteiger partial charge in [-0.25, -0.2) is 0 Å². The van der Waals surface area contributed by atoms with E-state index in [1.807, 2.05) is 0 Å². The van der Waals surface area contributed by atoms with Gasteiger partial charge in [-0.2, -0.15) is 0 Å². The second-order valence-corrected chi connectivity index (χ2v) is 7.72. The molecule has 0 spiro atoms. The summed E-state index contributed by atoms with van der Waals surface area (Å²) in [7, 11) is 0. The van der Waals surface area contributed by atoms with Crippen molar-refractivity contribution in [1.82, 2.24) is 10.2 Å². The summed E-state index contributed by atoms with van der Waals surface area (Å²) in [4.78, 5) is 2.82. The summed E-state index contributed by atoms with van der Waals surface area (Å²) in [5.74, 6) is 0. The van der Waals surface area contributed by atoms with E-state index in [4.69, 9.17) is 4.74 Å². The molecule has 0 bridgehead atoms. The Bertz CT molecular complexity index is 308. The number of hydrogen-bond donors (Lipinski definition) is 1. The Morgan fingerprint density at radius 2 is 2.10 bits per heavy atom. The quantitative estimate of drug-likeness (QED) is 0.780. The van der Waals surface area contributed by atoms with Crippen LogP contribution in [0.2, 0.25) is 0 Å². The molecule has 2 unspecified atom stereocenters. The molecule has 1 saturated carbocycles. The van der Waals surface area contributed by atoms with Crippen LogP contribution in [0.15, 0.2) is 0 Å². The molecule has 3 aliphatic rings. The van der Waals surface area contributed by atoms with Gasteiger partial charge in [-0.1, -0.05) is 19.8 Å². The number of rotatable bonds is 7. The lowest BCUT2D eigenvalue weighted by molar-refractivity contribution is -0.0385. The Hall–Kier alpha value is -0.120. The molecule has 122 valence electrons. The minimum atomic E-state index is 0.379. The van der Waals surface area contributed by atoms with E-state index in [1.54, 1.807) is 0 Å². The topological polar surface area (TPSA) is 24.5 Å². The molecule has 3 heteroatoms. The van der Waals surface area contributed by atoms with Crippen LogP contribution in [0.5, 0.6) is 0 Å². The van der Waals surface area contributed by atoms with Crippen LogP contribution in [0.4, 0.5) is 0 Å². The summed E-state index contributed by atoms with van der Waals surface area (Å²) in [6.45, 7) is 8.03.